The molecule has 2 aliphatic heterocycles. The topological polar surface area (TPSA) is 96.8 Å². The molecule has 3 N–H and O–H groups in total. The second-order valence-electron chi connectivity index (χ2n) is 11.5. The first-order valence-electron chi connectivity index (χ1n) is 13.9. The molecule has 7 rings (SSSR count). The van der Waals surface area contributed by atoms with E-state index in [2.05, 4.69) is 17.1 Å². The van der Waals surface area contributed by atoms with Crippen LogP contribution in [0.4, 0.5) is 5.82 Å². The second-order valence-corrected chi connectivity index (χ2v) is 11.9. The van der Waals surface area contributed by atoms with Crippen LogP contribution in [0.2, 0.25) is 5.15 Å². The van der Waals surface area contributed by atoms with Gasteiger partial charge in [-0.1, -0.05) is 60.1 Å². The average molecular weight is 542 g/mol. The third-order valence-corrected chi connectivity index (χ3v) is 9.24. The quantitative estimate of drug-likeness (QED) is 0.341. The third-order valence-electron chi connectivity index (χ3n) is 8.97. The number of nitrogen functional groups attached to an aromatic ring is 1. The molecule has 4 heterocycles. The lowest BCUT2D eigenvalue weighted by Gasteiger charge is -2.34. The molecule has 2 saturated heterocycles. The van der Waals surface area contributed by atoms with E-state index in [-0.39, 0.29) is 11.8 Å². The lowest BCUT2D eigenvalue weighted by molar-refractivity contribution is -0.130. The molecular formula is C31H32ClN5O2. The maximum Gasteiger partial charge on any atom is 0.222 e. The van der Waals surface area contributed by atoms with E-state index in [9.17, 15) is 9.90 Å². The van der Waals surface area contributed by atoms with Crippen molar-refractivity contribution in [1.29, 1.82) is 0 Å². The van der Waals surface area contributed by atoms with E-state index in [1.807, 2.05) is 52.6 Å². The van der Waals surface area contributed by atoms with Crippen molar-refractivity contribution in [3.05, 3.63) is 82.4 Å². The van der Waals surface area contributed by atoms with Crippen molar-refractivity contribution in [2.24, 2.45) is 0 Å². The number of imidazole rings is 1. The molecule has 39 heavy (non-hydrogen) atoms. The van der Waals surface area contributed by atoms with Crippen LogP contribution < -0.4 is 5.73 Å². The van der Waals surface area contributed by atoms with Crippen LogP contribution in [-0.4, -0.2) is 42.9 Å². The number of nitrogens with zero attached hydrogens (tertiary/aromatic N) is 4. The molecule has 0 radical (unpaired) electrons. The SMILES string of the molecule is C[C@](O)(c1ccc(-c2nc([C@@H]3CC[C@H]4CCC(=O)N4C3)n3c(Cl)cnc(N)c23)cc1)c1cccc(C2CC2)c1. The Kier molecular flexibility index (Phi) is 5.72. The van der Waals surface area contributed by atoms with E-state index < -0.39 is 5.60 Å². The lowest BCUT2D eigenvalue weighted by Crippen LogP contribution is -2.41. The van der Waals surface area contributed by atoms with Gasteiger partial charge in [0, 0.05) is 30.5 Å². The van der Waals surface area contributed by atoms with Crippen molar-refractivity contribution in [2.75, 3.05) is 12.3 Å². The number of carbonyl (C=O) groups excluding carboxylic acids is 1. The average Bonchev–Trinajstić information content (AvgIpc) is 3.63. The molecule has 3 fully saturated rings. The van der Waals surface area contributed by atoms with Crippen molar-refractivity contribution in [3.8, 4) is 11.3 Å². The highest BCUT2D eigenvalue weighted by molar-refractivity contribution is 6.30. The summed E-state index contributed by atoms with van der Waals surface area (Å²) in [5.74, 6) is 2.07. The molecular weight excluding hydrogens is 510 g/mol. The summed E-state index contributed by atoms with van der Waals surface area (Å²) in [6.45, 7) is 2.48. The van der Waals surface area contributed by atoms with E-state index in [4.69, 9.17) is 22.3 Å². The summed E-state index contributed by atoms with van der Waals surface area (Å²) in [5.41, 5.74) is 10.5. The Balaban J connectivity index is 1.26. The van der Waals surface area contributed by atoms with Crippen molar-refractivity contribution >= 4 is 28.8 Å². The van der Waals surface area contributed by atoms with Crippen molar-refractivity contribution in [1.82, 2.24) is 19.3 Å². The predicted molar refractivity (Wildman–Crippen MR) is 152 cm³/mol. The minimum absolute atomic E-state index is 0.0580. The number of halogens is 1. The zero-order valence-electron chi connectivity index (χ0n) is 22.0. The third kappa shape index (κ3) is 4.10. The number of carbonyl (C=O) groups is 1. The number of piperidine rings is 1. The number of benzene rings is 2. The van der Waals surface area contributed by atoms with E-state index in [0.717, 1.165) is 41.8 Å². The normalized spacial score (nSPS) is 22.7. The van der Waals surface area contributed by atoms with Gasteiger partial charge in [-0.25, -0.2) is 9.97 Å². The molecule has 3 aliphatic rings. The first kappa shape index (κ1) is 24.6. The summed E-state index contributed by atoms with van der Waals surface area (Å²) in [6, 6.07) is 16.5. The molecule has 2 aromatic heterocycles. The molecule has 200 valence electrons. The maximum absolute atomic E-state index is 12.5. The summed E-state index contributed by atoms with van der Waals surface area (Å²) < 4.78 is 1.90. The van der Waals surface area contributed by atoms with Gasteiger partial charge in [-0.3, -0.25) is 9.20 Å². The van der Waals surface area contributed by atoms with Crippen molar-refractivity contribution < 1.29 is 9.90 Å². The number of fused-ring (bicyclic) bond motifs is 2. The molecule has 0 spiro atoms. The first-order valence-corrected chi connectivity index (χ1v) is 14.2. The zero-order chi connectivity index (χ0) is 26.9. The molecule has 8 heteroatoms. The molecule has 1 amide bonds. The summed E-state index contributed by atoms with van der Waals surface area (Å²) in [7, 11) is 0. The lowest BCUT2D eigenvalue weighted by atomic mass is 9.86. The Morgan fingerprint density at radius 3 is 2.56 bits per heavy atom. The van der Waals surface area contributed by atoms with Crippen molar-refractivity contribution in [3.63, 3.8) is 0 Å². The molecule has 1 aliphatic carbocycles. The largest absolute Gasteiger partial charge is 0.382 e. The minimum atomic E-state index is -1.13. The zero-order valence-corrected chi connectivity index (χ0v) is 22.7. The van der Waals surface area contributed by atoms with Gasteiger partial charge in [-0.05, 0) is 61.6 Å². The highest BCUT2D eigenvalue weighted by atomic mass is 35.5. The van der Waals surface area contributed by atoms with E-state index in [0.29, 0.717) is 47.1 Å². The van der Waals surface area contributed by atoms with Crippen LogP contribution in [0.25, 0.3) is 16.8 Å². The van der Waals surface area contributed by atoms with E-state index in [1.165, 1.54) is 18.4 Å². The Morgan fingerprint density at radius 2 is 1.79 bits per heavy atom. The fraction of sp³-hybridized carbons (Fsp3) is 0.387. The van der Waals surface area contributed by atoms with Gasteiger partial charge >= 0.3 is 0 Å². The van der Waals surface area contributed by atoms with Crippen LogP contribution in [0.1, 0.15) is 79.8 Å². The number of rotatable bonds is 5. The summed E-state index contributed by atoms with van der Waals surface area (Å²) in [4.78, 5) is 23.9. The number of hydrogen-bond acceptors (Lipinski definition) is 5. The Hall–Kier alpha value is -3.42. The molecule has 0 unspecified atom stereocenters. The number of nitrogens with two attached hydrogens (primary N) is 1. The monoisotopic (exact) mass is 541 g/mol. The predicted octanol–water partition coefficient (Wildman–Crippen LogP) is 5.63. The Morgan fingerprint density at radius 1 is 1.03 bits per heavy atom. The van der Waals surface area contributed by atoms with Gasteiger partial charge in [0.25, 0.3) is 0 Å². The van der Waals surface area contributed by atoms with Crippen molar-refractivity contribution in [2.45, 2.75) is 68.9 Å². The summed E-state index contributed by atoms with van der Waals surface area (Å²) in [5, 5.41) is 12.0. The van der Waals surface area contributed by atoms with Gasteiger partial charge in [-0.2, -0.15) is 0 Å². The fourth-order valence-electron chi connectivity index (χ4n) is 6.52. The van der Waals surface area contributed by atoms with Gasteiger partial charge in [0.05, 0.1) is 6.20 Å². The molecule has 3 atom stereocenters. The number of aromatic nitrogens is 3. The Labute approximate surface area is 232 Å². The standard InChI is InChI=1S/C31H32ClN5O2/c1-31(39,23-4-2-3-20(15-23)18-5-6-18)22-10-7-19(8-11-22)27-28-29(33)34-16-25(32)37(28)30(35-27)21-9-12-24-13-14-26(38)36(24)17-21/h2-4,7-8,10-11,15-16,18,21,24,39H,5-6,9,12-14,17H2,1H3,(H2,33,34)/t21-,24+,31+/m1/s1. The summed E-state index contributed by atoms with van der Waals surface area (Å²) >= 11 is 6.68. The molecule has 0 bridgehead atoms. The molecule has 7 nitrogen and oxygen atoms in total. The number of aliphatic hydroxyl groups is 1. The van der Waals surface area contributed by atoms with Crippen LogP contribution in [0.15, 0.2) is 54.7 Å². The number of hydrogen-bond donors (Lipinski definition) is 2. The van der Waals surface area contributed by atoms with Crippen LogP contribution in [-0.2, 0) is 10.4 Å². The smallest absolute Gasteiger partial charge is 0.222 e. The van der Waals surface area contributed by atoms with Crippen LogP contribution in [0.5, 0.6) is 0 Å². The Bertz CT molecular complexity index is 1590. The van der Waals surface area contributed by atoms with E-state index >= 15 is 0 Å². The highest BCUT2D eigenvalue weighted by Crippen LogP contribution is 2.42. The minimum Gasteiger partial charge on any atom is -0.382 e. The van der Waals surface area contributed by atoms with Crippen LogP contribution >= 0.6 is 11.6 Å². The van der Waals surface area contributed by atoms with Gasteiger partial charge < -0.3 is 15.7 Å². The van der Waals surface area contributed by atoms with Gasteiger partial charge in [-0.15, -0.1) is 0 Å². The number of amides is 1. The second kappa shape index (κ2) is 9.07. The summed E-state index contributed by atoms with van der Waals surface area (Å²) in [6.07, 6.45) is 7.47. The molecule has 4 aromatic rings. The fourth-order valence-corrected chi connectivity index (χ4v) is 6.74. The molecule has 1 saturated carbocycles. The number of anilines is 1. The van der Waals surface area contributed by atoms with Crippen LogP contribution in [0.3, 0.4) is 0 Å². The maximum atomic E-state index is 12.5. The van der Waals surface area contributed by atoms with Gasteiger partial charge in [0.15, 0.2) is 0 Å². The van der Waals surface area contributed by atoms with Gasteiger partial charge in [0.2, 0.25) is 5.91 Å². The highest BCUT2D eigenvalue weighted by Gasteiger charge is 2.38. The first-order chi connectivity index (χ1) is 18.8. The molecule has 2 aromatic carbocycles. The van der Waals surface area contributed by atoms with Gasteiger partial charge in [0.1, 0.15) is 33.6 Å². The van der Waals surface area contributed by atoms with Crippen LogP contribution in [0, 0.1) is 0 Å². The van der Waals surface area contributed by atoms with E-state index in [1.54, 1.807) is 6.20 Å².